The van der Waals surface area contributed by atoms with E-state index in [1.165, 1.54) is 0 Å². The maximum atomic E-state index is 8.82. The van der Waals surface area contributed by atoms with Crippen LogP contribution in [0.1, 0.15) is 36.0 Å². The molecule has 0 saturated heterocycles. The first-order chi connectivity index (χ1) is 16.2. The minimum atomic E-state index is -1.71. The highest BCUT2D eigenvalue weighted by molar-refractivity contribution is 6.07. The van der Waals surface area contributed by atoms with Crippen LogP contribution in [0, 0.1) is 5.92 Å². The van der Waals surface area contributed by atoms with Crippen LogP contribution in [-0.4, -0.2) is 4.98 Å². The molecule has 2 heteroatoms. The van der Waals surface area contributed by atoms with Crippen LogP contribution >= 0.6 is 0 Å². The fourth-order valence-corrected chi connectivity index (χ4v) is 3.74. The summed E-state index contributed by atoms with van der Waals surface area (Å²) >= 11 is 0. The Morgan fingerprint density at radius 2 is 1.73 bits per heavy atom. The highest BCUT2D eigenvalue weighted by Gasteiger charge is 2.13. The Morgan fingerprint density at radius 1 is 0.867 bits per heavy atom. The number of pyridine rings is 1. The van der Waals surface area contributed by atoms with E-state index in [4.69, 9.17) is 9.90 Å². The van der Waals surface area contributed by atoms with Gasteiger partial charge in [0.2, 0.25) is 0 Å². The van der Waals surface area contributed by atoms with Gasteiger partial charge in [0.05, 0.1) is 5.69 Å². The van der Waals surface area contributed by atoms with Crippen molar-refractivity contribution in [2.75, 3.05) is 0 Å². The molecular weight excluding hydrogens is 366 g/mol. The molecule has 0 aliphatic carbocycles. The lowest BCUT2D eigenvalue weighted by atomic mass is 10.00. The summed E-state index contributed by atoms with van der Waals surface area (Å²) in [6, 6.07) is 24.0. The van der Waals surface area contributed by atoms with E-state index in [-0.39, 0.29) is 5.92 Å². The Bertz CT molecular complexity index is 1490. The minimum Gasteiger partial charge on any atom is -0.456 e. The summed E-state index contributed by atoms with van der Waals surface area (Å²) in [7, 11) is 0. The van der Waals surface area contributed by atoms with Gasteiger partial charge in [0, 0.05) is 34.4 Å². The fourth-order valence-electron chi connectivity index (χ4n) is 3.74. The molecule has 0 radical (unpaired) electrons. The van der Waals surface area contributed by atoms with Gasteiger partial charge in [0.25, 0.3) is 0 Å². The average Bonchev–Trinajstić information content (AvgIpc) is 3.22. The Hall–Kier alpha value is -3.39. The predicted molar refractivity (Wildman–Crippen MR) is 125 cm³/mol. The first-order valence-corrected chi connectivity index (χ1v) is 10.2. The van der Waals surface area contributed by atoms with Crippen LogP contribution in [0.4, 0.5) is 0 Å². The number of hydrogen-bond donors (Lipinski definition) is 0. The zero-order valence-corrected chi connectivity index (χ0v) is 17.0. The predicted octanol–water partition coefficient (Wildman–Crippen LogP) is 7.44. The smallest absolute Gasteiger partial charge is 0.138 e. The number of rotatable bonds is 5. The number of para-hydroxylation sites is 1. The van der Waals surface area contributed by atoms with Crippen molar-refractivity contribution in [3.63, 3.8) is 0 Å². The number of nitrogens with zero attached hydrogens (tertiary/aromatic N) is 1. The highest BCUT2D eigenvalue weighted by Crippen LogP contribution is 2.34. The summed E-state index contributed by atoms with van der Waals surface area (Å²) in [5.41, 5.74) is 4.40. The molecule has 2 aromatic heterocycles. The Balaban J connectivity index is 1.65. The van der Waals surface area contributed by atoms with Gasteiger partial charge in [-0.2, -0.15) is 0 Å². The van der Waals surface area contributed by atoms with Crippen LogP contribution in [-0.2, 0) is 12.7 Å². The SMILES string of the molecule is [2H]C([2H])(c1ccccc1)c1cccc2c1oc1ccc(-c3cc(C([2H])([2H])C(C)C)ccn3)cc12. The van der Waals surface area contributed by atoms with Crippen molar-refractivity contribution in [2.45, 2.75) is 26.6 Å². The van der Waals surface area contributed by atoms with E-state index in [0.29, 0.717) is 33.6 Å². The van der Waals surface area contributed by atoms with Crippen molar-refractivity contribution in [1.82, 2.24) is 4.98 Å². The molecule has 5 aromatic rings. The monoisotopic (exact) mass is 395 g/mol. The molecular formula is C28H25NO. The molecule has 0 amide bonds. The Labute approximate surface area is 182 Å². The van der Waals surface area contributed by atoms with Crippen molar-refractivity contribution >= 4 is 21.9 Å². The first-order valence-electron chi connectivity index (χ1n) is 12.2. The minimum absolute atomic E-state index is 0.166. The molecule has 30 heavy (non-hydrogen) atoms. The zero-order chi connectivity index (χ0) is 24.1. The second-order valence-corrected chi connectivity index (χ2v) is 7.72. The van der Waals surface area contributed by atoms with E-state index < -0.39 is 12.7 Å². The summed E-state index contributed by atoms with van der Waals surface area (Å²) in [5, 5.41) is 1.71. The molecule has 0 spiro atoms. The summed E-state index contributed by atoms with van der Waals surface area (Å²) in [6.07, 6.45) is -1.52. The lowest BCUT2D eigenvalue weighted by Crippen LogP contribution is -1.95. The van der Waals surface area contributed by atoms with Gasteiger partial charge in [-0.25, -0.2) is 0 Å². The van der Waals surface area contributed by atoms with Crippen LogP contribution in [0.15, 0.2) is 89.5 Å². The molecule has 0 fully saturated rings. The third-order valence-electron chi connectivity index (χ3n) is 5.06. The summed E-state index contributed by atoms with van der Waals surface area (Å²) in [5.74, 6) is -0.166. The second kappa shape index (κ2) is 7.79. The van der Waals surface area contributed by atoms with Crippen molar-refractivity contribution in [3.05, 3.63) is 102 Å². The van der Waals surface area contributed by atoms with Crippen LogP contribution in [0.2, 0.25) is 0 Å². The zero-order valence-electron chi connectivity index (χ0n) is 21.0. The van der Waals surface area contributed by atoms with Gasteiger partial charge in [-0.05, 0) is 59.3 Å². The van der Waals surface area contributed by atoms with Crippen LogP contribution in [0.3, 0.4) is 0 Å². The molecule has 2 nitrogen and oxygen atoms in total. The van der Waals surface area contributed by atoms with E-state index in [1.807, 2.05) is 68.4 Å². The Morgan fingerprint density at radius 3 is 2.57 bits per heavy atom. The standard InChI is InChI=1S/C28H25NO/c1-19(2)15-21-13-14-29-26(17-21)22-11-12-27-25(18-22)24-10-6-9-23(28(24)30-27)16-20-7-4-3-5-8-20/h3-14,17-19H,15-16H2,1-2H3/i15D2,16D2. The van der Waals surface area contributed by atoms with Crippen LogP contribution in [0.25, 0.3) is 33.2 Å². The molecule has 0 bridgehead atoms. The third kappa shape index (κ3) is 3.61. The molecule has 0 aliphatic heterocycles. The number of hydrogen-bond acceptors (Lipinski definition) is 2. The van der Waals surface area contributed by atoms with E-state index in [0.717, 1.165) is 16.3 Å². The maximum Gasteiger partial charge on any atom is 0.138 e. The summed E-state index contributed by atoms with van der Waals surface area (Å²) < 4.78 is 40.7. The van der Waals surface area contributed by atoms with Gasteiger partial charge < -0.3 is 4.42 Å². The summed E-state index contributed by atoms with van der Waals surface area (Å²) in [6.45, 7) is 3.74. The largest absolute Gasteiger partial charge is 0.456 e. The van der Waals surface area contributed by atoms with Gasteiger partial charge >= 0.3 is 0 Å². The molecule has 0 unspecified atom stereocenters. The summed E-state index contributed by atoms with van der Waals surface area (Å²) in [4.78, 5) is 4.49. The average molecular weight is 396 g/mol. The van der Waals surface area contributed by atoms with E-state index in [2.05, 4.69) is 4.98 Å². The fraction of sp³-hybridized carbons (Fsp3) is 0.179. The number of furan rings is 1. The number of aromatic nitrogens is 1. The maximum absolute atomic E-state index is 8.82. The quantitative estimate of drug-likeness (QED) is 0.309. The van der Waals surface area contributed by atoms with E-state index in [9.17, 15) is 0 Å². The molecule has 5 rings (SSSR count). The molecule has 0 aliphatic rings. The van der Waals surface area contributed by atoms with Crippen molar-refractivity contribution in [1.29, 1.82) is 0 Å². The van der Waals surface area contributed by atoms with Gasteiger partial charge in [0.1, 0.15) is 11.2 Å². The Kier molecular flexibility index (Phi) is 3.79. The van der Waals surface area contributed by atoms with E-state index >= 15 is 0 Å². The number of benzene rings is 3. The lowest BCUT2D eigenvalue weighted by molar-refractivity contribution is 0.647. The molecule has 3 aromatic carbocycles. The number of fused-ring (bicyclic) bond motifs is 3. The van der Waals surface area contributed by atoms with Crippen molar-refractivity contribution in [3.8, 4) is 11.3 Å². The first kappa shape index (κ1) is 14.6. The van der Waals surface area contributed by atoms with Gasteiger partial charge in [-0.15, -0.1) is 0 Å². The highest BCUT2D eigenvalue weighted by atomic mass is 16.3. The van der Waals surface area contributed by atoms with E-state index in [1.54, 1.807) is 30.5 Å². The van der Waals surface area contributed by atoms with Crippen LogP contribution in [0.5, 0.6) is 0 Å². The van der Waals surface area contributed by atoms with Gasteiger partial charge in [0.15, 0.2) is 0 Å². The normalized spacial score (nSPS) is 14.5. The molecule has 148 valence electrons. The van der Waals surface area contributed by atoms with Gasteiger partial charge in [-0.1, -0.05) is 62.4 Å². The molecule has 0 atom stereocenters. The van der Waals surface area contributed by atoms with Crippen LogP contribution < -0.4 is 0 Å². The lowest BCUT2D eigenvalue weighted by Gasteiger charge is -2.07. The third-order valence-corrected chi connectivity index (χ3v) is 5.06. The molecule has 0 N–H and O–H groups in total. The van der Waals surface area contributed by atoms with Crippen molar-refractivity contribution in [2.24, 2.45) is 5.92 Å². The van der Waals surface area contributed by atoms with Gasteiger partial charge in [-0.3, -0.25) is 4.98 Å². The second-order valence-electron chi connectivity index (χ2n) is 7.72. The molecule has 0 saturated carbocycles. The van der Waals surface area contributed by atoms with Crippen molar-refractivity contribution < 1.29 is 9.90 Å². The topological polar surface area (TPSA) is 26.0 Å². The molecule has 2 heterocycles.